The van der Waals surface area contributed by atoms with E-state index in [0.717, 1.165) is 24.1 Å². The van der Waals surface area contributed by atoms with E-state index in [9.17, 15) is 4.79 Å². The van der Waals surface area contributed by atoms with E-state index in [1.807, 2.05) is 18.9 Å². The van der Waals surface area contributed by atoms with Gasteiger partial charge < -0.3 is 14.2 Å². The van der Waals surface area contributed by atoms with Gasteiger partial charge in [-0.15, -0.1) is 0 Å². The molecule has 1 atom stereocenters. The first-order chi connectivity index (χ1) is 10.5. The zero-order valence-corrected chi connectivity index (χ0v) is 13.3. The van der Waals surface area contributed by atoms with E-state index in [2.05, 4.69) is 10.3 Å². The smallest absolute Gasteiger partial charge is 0.292 e. The average molecular weight is 304 g/mol. The molecule has 1 saturated heterocycles. The molecule has 0 aliphatic carbocycles. The van der Waals surface area contributed by atoms with E-state index in [1.54, 1.807) is 24.8 Å². The lowest BCUT2D eigenvalue weighted by molar-refractivity contribution is 0.0691. The van der Waals surface area contributed by atoms with Crippen LogP contribution < -0.4 is 4.74 Å². The van der Waals surface area contributed by atoms with E-state index in [0.29, 0.717) is 18.1 Å². The van der Waals surface area contributed by atoms with Crippen LogP contribution in [0.15, 0.2) is 10.6 Å². The van der Waals surface area contributed by atoms with Crippen LogP contribution in [-0.4, -0.2) is 39.4 Å². The van der Waals surface area contributed by atoms with Crippen molar-refractivity contribution in [2.24, 2.45) is 7.05 Å². The number of rotatable bonds is 3. The van der Waals surface area contributed by atoms with Crippen LogP contribution in [0, 0.1) is 13.8 Å². The van der Waals surface area contributed by atoms with Gasteiger partial charge in [-0.1, -0.05) is 5.16 Å². The van der Waals surface area contributed by atoms with Crippen molar-refractivity contribution in [3.63, 3.8) is 0 Å². The fourth-order valence-corrected chi connectivity index (χ4v) is 3.19. The third-order valence-electron chi connectivity index (χ3n) is 4.09. The van der Waals surface area contributed by atoms with E-state index in [4.69, 9.17) is 9.26 Å². The minimum Gasteiger partial charge on any atom is -0.481 e. The summed E-state index contributed by atoms with van der Waals surface area (Å²) in [7, 11) is 3.47. The number of carbonyl (C=O) groups excluding carboxylic acids is 1. The molecule has 1 aliphatic rings. The number of nitrogens with zero attached hydrogens (tertiary/aromatic N) is 4. The van der Waals surface area contributed by atoms with Gasteiger partial charge in [-0.3, -0.25) is 4.79 Å². The molecule has 7 nitrogen and oxygen atoms in total. The van der Waals surface area contributed by atoms with Crippen LogP contribution in [0.4, 0.5) is 0 Å². The highest BCUT2D eigenvalue weighted by molar-refractivity contribution is 5.92. The van der Waals surface area contributed by atoms with Gasteiger partial charge in [0.25, 0.3) is 5.91 Å². The largest absolute Gasteiger partial charge is 0.481 e. The molecule has 0 spiro atoms. The summed E-state index contributed by atoms with van der Waals surface area (Å²) in [6.45, 7) is 4.44. The van der Waals surface area contributed by atoms with Crippen molar-refractivity contribution < 1.29 is 14.1 Å². The van der Waals surface area contributed by atoms with Crippen molar-refractivity contribution in [1.82, 2.24) is 19.8 Å². The van der Waals surface area contributed by atoms with Crippen LogP contribution in [0.5, 0.6) is 5.88 Å². The number of hydrogen-bond acceptors (Lipinski definition) is 5. The number of aromatic nitrogens is 3. The third kappa shape index (κ3) is 2.26. The SMILES string of the molecule is COc1c([C@@H]2CCCN2C(=O)c2cc(C)no2)c(C)nn1C. The Hall–Kier alpha value is -2.31. The third-order valence-corrected chi connectivity index (χ3v) is 4.09. The molecule has 1 fully saturated rings. The Morgan fingerprint density at radius 3 is 2.86 bits per heavy atom. The van der Waals surface area contributed by atoms with Gasteiger partial charge in [0.2, 0.25) is 11.6 Å². The van der Waals surface area contributed by atoms with Crippen LogP contribution in [0.25, 0.3) is 0 Å². The van der Waals surface area contributed by atoms with Gasteiger partial charge in [-0.2, -0.15) is 5.10 Å². The van der Waals surface area contributed by atoms with E-state index < -0.39 is 0 Å². The van der Waals surface area contributed by atoms with Crippen molar-refractivity contribution in [3.05, 3.63) is 28.8 Å². The summed E-state index contributed by atoms with van der Waals surface area (Å²) in [5, 5.41) is 8.21. The summed E-state index contributed by atoms with van der Waals surface area (Å²) in [6, 6.07) is 1.63. The minimum atomic E-state index is -0.131. The Labute approximate surface area is 128 Å². The molecule has 7 heteroatoms. The zero-order valence-electron chi connectivity index (χ0n) is 13.3. The fourth-order valence-electron chi connectivity index (χ4n) is 3.19. The number of methoxy groups -OCH3 is 1. The van der Waals surface area contributed by atoms with Crippen LogP contribution in [-0.2, 0) is 7.05 Å². The maximum absolute atomic E-state index is 12.7. The predicted molar refractivity (Wildman–Crippen MR) is 78.7 cm³/mol. The molecule has 2 aromatic heterocycles. The first kappa shape index (κ1) is 14.6. The molecule has 0 radical (unpaired) electrons. The Morgan fingerprint density at radius 1 is 1.45 bits per heavy atom. The standard InChI is InChI=1S/C15H20N4O3/c1-9-8-12(22-17-9)14(20)19-7-5-6-11(19)13-10(2)16-18(3)15(13)21-4/h8,11H,5-7H2,1-4H3/t11-/m0/s1. The molecule has 3 rings (SSSR count). The Kier molecular flexibility index (Phi) is 3.64. The van der Waals surface area contributed by atoms with E-state index in [-0.39, 0.29) is 17.7 Å². The summed E-state index contributed by atoms with van der Waals surface area (Å²) in [5.41, 5.74) is 2.57. The van der Waals surface area contributed by atoms with E-state index in [1.165, 1.54) is 0 Å². The molecule has 0 aromatic carbocycles. The van der Waals surface area contributed by atoms with Gasteiger partial charge >= 0.3 is 0 Å². The van der Waals surface area contributed by atoms with Crippen molar-refractivity contribution in [3.8, 4) is 5.88 Å². The van der Waals surface area contributed by atoms with Crippen molar-refractivity contribution >= 4 is 5.91 Å². The average Bonchev–Trinajstić information content (AvgIpc) is 3.16. The topological polar surface area (TPSA) is 73.4 Å². The van der Waals surface area contributed by atoms with Crippen molar-refractivity contribution in [1.29, 1.82) is 0 Å². The van der Waals surface area contributed by atoms with Crippen molar-refractivity contribution in [2.45, 2.75) is 32.7 Å². The number of hydrogen-bond donors (Lipinski definition) is 0. The fraction of sp³-hybridized carbons (Fsp3) is 0.533. The summed E-state index contributed by atoms with van der Waals surface area (Å²) >= 11 is 0. The lowest BCUT2D eigenvalue weighted by atomic mass is 10.0. The molecule has 1 amide bonds. The summed E-state index contributed by atoms with van der Waals surface area (Å²) < 4.78 is 12.3. The van der Waals surface area contributed by atoms with Gasteiger partial charge in [0.05, 0.1) is 30.1 Å². The number of aryl methyl sites for hydroxylation is 3. The van der Waals surface area contributed by atoms with Gasteiger partial charge in [0.15, 0.2) is 0 Å². The Morgan fingerprint density at radius 2 is 2.23 bits per heavy atom. The second kappa shape index (κ2) is 5.47. The minimum absolute atomic E-state index is 0.0402. The van der Waals surface area contributed by atoms with Crippen molar-refractivity contribution in [2.75, 3.05) is 13.7 Å². The maximum Gasteiger partial charge on any atom is 0.292 e. The molecule has 22 heavy (non-hydrogen) atoms. The first-order valence-electron chi connectivity index (χ1n) is 7.34. The normalized spacial score (nSPS) is 18.0. The number of amides is 1. The molecule has 0 unspecified atom stereocenters. The second-order valence-electron chi connectivity index (χ2n) is 5.62. The highest BCUT2D eigenvalue weighted by Gasteiger charge is 2.36. The Balaban J connectivity index is 1.95. The van der Waals surface area contributed by atoms with Crippen LogP contribution in [0.3, 0.4) is 0 Å². The summed E-state index contributed by atoms with van der Waals surface area (Å²) in [4.78, 5) is 14.5. The maximum atomic E-state index is 12.7. The lowest BCUT2D eigenvalue weighted by Crippen LogP contribution is -2.30. The van der Waals surface area contributed by atoms with Gasteiger partial charge in [-0.25, -0.2) is 4.68 Å². The highest BCUT2D eigenvalue weighted by Crippen LogP contribution is 2.39. The van der Waals surface area contributed by atoms with Gasteiger partial charge in [0.1, 0.15) is 0 Å². The summed E-state index contributed by atoms with van der Waals surface area (Å²) in [5.74, 6) is 0.856. The molecule has 2 aromatic rings. The predicted octanol–water partition coefficient (Wildman–Crippen LogP) is 2.01. The number of likely N-dealkylation sites (tertiary alicyclic amines) is 1. The van der Waals surface area contributed by atoms with E-state index >= 15 is 0 Å². The van der Waals surface area contributed by atoms with Crippen LogP contribution in [0.1, 0.15) is 46.4 Å². The zero-order chi connectivity index (χ0) is 15.9. The second-order valence-corrected chi connectivity index (χ2v) is 5.62. The molecule has 118 valence electrons. The number of ether oxygens (including phenoxy) is 1. The molecular formula is C15H20N4O3. The molecule has 1 aliphatic heterocycles. The molecule has 0 N–H and O–H groups in total. The monoisotopic (exact) mass is 304 g/mol. The lowest BCUT2D eigenvalue weighted by Gasteiger charge is -2.24. The highest BCUT2D eigenvalue weighted by atomic mass is 16.5. The quantitative estimate of drug-likeness (QED) is 0.867. The first-order valence-corrected chi connectivity index (χ1v) is 7.34. The van der Waals surface area contributed by atoms with Crippen LogP contribution in [0.2, 0.25) is 0 Å². The number of carbonyl (C=O) groups is 1. The molecule has 0 saturated carbocycles. The molecule has 3 heterocycles. The molecular weight excluding hydrogens is 284 g/mol. The summed E-state index contributed by atoms with van der Waals surface area (Å²) in [6.07, 6.45) is 1.84. The Bertz CT molecular complexity index is 704. The van der Waals surface area contributed by atoms with Gasteiger partial charge in [0, 0.05) is 19.7 Å². The molecule has 0 bridgehead atoms. The van der Waals surface area contributed by atoms with Gasteiger partial charge in [-0.05, 0) is 26.7 Å². The van der Waals surface area contributed by atoms with Crippen LogP contribution >= 0.6 is 0 Å².